The molecule has 106 valence electrons. The lowest BCUT2D eigenvalue weighted by molar-refractivity contribution is -0.139. The molecule has 1 saturated carbocycles. The molecule has 0 spiro atoms. The number of fused-ring (bicyclic) bond motifs is 1. The Bertz CT molecular complexity index is 561. The van der Waals surface area contributed by atoms with E-state index in [0.717, 1.165) is 0 Å². The van der Waals surface area contributed by atoms with Crippen LogP contribution in [0.4, 0.5) is 0 Å². The van der Waals surface area contributed by atoms with E-state index in [0.29, 0.717) is 24.6 Å². The molecule has 1 N–H and O–H groups in total. The first-order chi connectivity index (χ1) is 9.49. The van der Waals surface area contributed by atoms with Crippen molar-refractivity contribution in [1.82, 2.24) is 14.9 Å². The zero-order valence-electron chi connectivity index (χ0n) is 11.5. The van der Waals surface area contributed by atoms with E-state index < -0.39 is 5.97 Å². The highest BCUT2D eigenvalue weighted by molar-refractivity contribution is 5.93. The molecule has 1 aliphatic carbocycles. The molecule has 2 heterocycles. The van der Waals surface area contributed by atoms with Crippen molar-refractivity contribution < 1.29 is 14.7 Å². The average molecular weight is 275 g/mol. The summed E-state index contributed by atoms with van der Waals surface area (Å²) in [5.41, 5.74) is 0.400. The number of hydrogen-bond acceptors (Lipinski definition) is 4. The third-order valence-electron chi connectivity index (χ3n) is 4.18. The molecule has 20 heavy (non-hydrogen) atoms. The predicted molar refractivity (Wildman–Crippen MR) is 70.1 cm³/mol. The molecule has 6 heteroatoms. The van der Waals surface area contributed by atoms with Gasteiger partial charge in [0.15, 0.2) is 0 Å². The van der Waals surface area contributed by atoms with Gasteiger partial charge in [-0.1, -0.05) is 13.8 Å². The minimum absolute atomic E-state index is 0.120. The topological polar surface area (TPSA) is 83.4 Å². The van der Waals surface area contributed by atoms with Crippen molar-refractivity contribution in [3.05, 3.63) is 23.8 Å². The van der Waals surface area contributed by atoms with E-state index in [-0.39, 0.29) is 29.6 Å². The number of aliphatic carboxylic acids is 1. The molecule has 1 amide bonds. The molecule has 3 rings (SSSR count). The third-order valence-corrected chi connectivity index (χ3v) is 4.18. The Morgan fingerprint density at radius 3 is 2.55 bits per heavy atom. The quantitative estimate of drug-likeness (QED) is 0.889. The van der Waals surface area contributed by atoms with Gasteiger partial charge >= 0.3 is 5.97 Å². The lowest BCUT2D eigenvalue weighted by atomic mass is 10.2. The maximum absolute atomic E-state index is 12.4. The highest BCUT2D eigenvalue weighted by Crippen LogP contribution is 2.51. The average Bonchev–Trinajstić information content (AvgIpc) is 2.94. The van der Waals surface area contributed by atoms with Crippen LogP contribution in [0.3, 0.4) is 0 Å². The monoisotopic (exact) mass is 275 g/mol. The Hall–Kier alpha value is -1.98. The summed E-state index contributed by atoms with van der Waals surface area (Å²) in [7, 11) is 0. The zero-order chi connectivity index (χ0) is 14.4. The van der Waals surface area contributed by atoms with Crippen molar-refractivity contribution in [3.8, 4) is 0 Å². The summed E-state index contributed by atoms with van der Waals surface area (Å²) in [6.45, 7) is 5.02. The van der Waals surface area contributed by atoms with Gasteiger partial charge in [0.25, 0.3) is 5.91 Å². The minimum atomic E-state index is -0.740. The molecule has 1 aromatic heterocycles. The number of carboxylic acids is 1. The number of hydrogen-bond donors (Lipinski definition) is 1. The van der Waals surface area contributed by atoms with Gasteiger partial charge in [0.05, 0.1) is 5.92 Å². The van der Waals surface area contributed by atoms with Gasteiger partial charge in [-0.15, -0.1) is 0 Å². The van der Waals surface area contributed by atoms with Gasteiger partial charge in [0.2, 0.25) is 0 Å². The molecule has 3 atom stereocenters. The molecule has 1 saturated heterocycles. The third kappa shape index (κ3) is 2.05. The van der Waals surface area contributed by atoms with Crippen LogP contribution < -0.4 is 0 Å². The van der Waals surface area contributed by atoms with Gasteiger partial charge < -0.3 is 10.0 Å². The van der Waals surface area contributed by atoms with Gasteiger partial charge in [-0.05, 0) is 17.9 Å². The zero-order valence-corrected chi connectivity index (χ0v) is 11.5. The van der Waals surface area contributed by atoms with Gasteiger partial charge in [-0.25, -0.2) is 9.97 Å². The highest BCUT2D eigenvalue weighted by atomic mass is 16.4. The fraction of sp³-hybridized carbons (Fsp3) is 0.571. The van der Waals surface area contributed by atoms with Crippen molar-refractivity contribution >= 4 is 11.9 Å². The van der Waals surface area contributed by atoms with E-state index in [1.807, 2.05) is 13.8 Å². The highest BCUT2D eigenvalue weighted by Gasteiger charge is 2.60. The summed E-state index contributed by atoms with van der Waals surface area (Å²) >= 11 is 0. The lowest BCUT2D eigenvalue weighted by Gasteiger charge is -2.19. The van der Waals surface area contributed by atoms with Gasteiger partial charge in [0, 0.05) is 25.2 Å². The SMILES string of the molecule is CC(C)c1nccc(C(=O)N2C[C@@H]3C(C(=O)O)[C@@H]3C2)n1. The largest absolute Gasteiger partial charge is 0.481 e. The van der Waals surface area contributed by atoms with Crippen LogP contribution in [0.15, 0.2) is 12.3 Å². The number of piperidine rings is 1. The molecule has 1 aliphatic heterocycles. The molecule has 2 fully saturated rings. The first-order valence-electron chi connectivity index (χ1n) is 6.84. The Morgan fingerprint density at radius 1 is 1.35 bits per heavy atom. The molecule has 1 aromatic rings. The summed E-state index contributed by atoms with van der Waals surface area (Å²) in [4.78, 5) is 33.4. The molecule has 0 aromatic carbocycles. The normalized spacial score (nSPS) is 27.6. The van der Waals surface area contributed by atoms with Gasteiger partial charge in [-0.2, -0.15) is 0 Å². The van der Waals surface area contributed by atoms with Gasteiger partial charge in [0.1, 0.15) is 11.5 Å². The van der Waals surface area contributed by atoms with E-state index >= 15 is 0 Å². The number of likely N-dealkylation sites (tertiary alicyclic amines) is 1. The standard InChI is InChI=1S/C14H17N3O3/c1-7(2)12-15-4-3-10(16-12)13(18)17-5-8-9(6-17)11(8)14(19)20/h3-4,7-9,11H,5-6H2,1-2H3,(H,19,20)/t8-,9+,11?. The van der Waals surface area contributed by atoms with Crippen molar-refractivity contribution in [2.24, 2.45) is 17.8 Å². The second-order valence-corrected chi connectivity index (χ2v) is 5.86. The molecule has 2 aliphatic rings. The van der Waals surface area contributed by atoms with Crippen LogP contribution in [0, 0.1) is 17.8 Å². The predicted octanol–water partition coefficient (Wildman–Crippen LogP) is 1.00. The number of rotatable bonds is 3. The minimum Gasteiger partial charge on any atom is -0.481 e. The fourth-order valence-electron chi connectivity index (χ4n) is 2.99. The molecular formula is C14H17N3O3. The van der Waals surface area contributed by atoms with Crippen LogP contribution in [-0.2, 0) is 4.79 Å². The molecule has 0 radical (unpaired) electrons. The van der Waals surface area contributed by atoms with Crippen LogP contribution in [0.2, 0.25) is 0 Å². The van der Waals surface area contributed by atoms with Crippen LogP contribution in [0.25, 0.3) is 0 Å². The van der Waals surface area contributed by atoms with Crippen LogP contribution >= 0.6 is 0 Å². The van der Waals surface area contributed by atoms with Crippen molar-refractivity contribution in [2.75, 3.05) is 13.1 Å². The molecular weight excluding hydrogens is 258 g/mol. The molecule has 1 unspecified atom stereocenters. The molecule has 0 bridgehead atoms. The van der Waals surface area contributed by atoms with E-state index in [4.69, 9.17) is 5.11 Å². The smallest absolute Gasteiger partial charge is 0.307 e. The number of amides is 1. The van der Waals surface area contributed by atoms with E-state index in [9.17, 15) is 9.59 Å². The lowest BCUT2D eigenvalue weighted by Crippen LogP contribution is -2.33. The number of carboxylic acid groups (broad SMARTS) is 1. The Labute approximate surface area is 116 Å². The van der Waals surface area contributed by atoms with Crippen LogP contribution in [-0.4, -0.2) is 44.9 Å². The maximum atomic E-state index is 12.4. The maximum Gasteiger partial charge on any atom is 0.307 e. The first-order valence-corrected chi connectivity index (χ1v) is 6.84. The Morgan fingerprint density at radius 2 is 2.00 bits per heavy atom. The van der Waals surface area contributed by atoms with Crippen LogP contribution in [0.5, 0.6) is 0 Å². The van der Waals surface area contributed by atoms with Crippen molar-refractivity contribution in [3.63, 3.8) is 0 Å². The summed E-state index contributed by atoms with van der Waals surface area (Å²) in [6.07, 6.45) is 1.60. The Kier molecular flexibility index (Phi) is 2.96. The Balaban J connectivity index is 1.70. The fourth-order valence-corrected chi connectivity index (χ4v) is 2.99. The summed E-state index contributed by atoms with van der Waals surface area (Å²) < 4.78 is 0. The molecule has 6 nitrogen and oxygen atoms in total. The van der Waals surface area contributed by atoms with Crippen molar-refractivity contribution in [2.45, 2.75) is 19.8 Å². The van der Waals surface area contributed by atoms with E-state index in [2.05, 4.69) is 9.97 Å². The second-order valence-electron chi connectivity index (χ2n) is 5.86. The van der Waals surface area contributed by atoms with E-state index in [1.165, 1.54) is 0 Å². The van der Waals surface area contributed by atoms with Crippen molar-refractivity contribution in [1.29, 1.82) is 0 Å². The summed E-state index contributed by atoms with van der Waals surface area (Å²) in [5, 5.41) is 8.97. The van der Waals surface area contributed by atoms with Gasteiger partial charge in [-0.3, -0.25) is 9.59 Å². The second kappa shape index (κ2) is 4.54. The number of nitrogens with zero attached hydrogens (tertiary/aromatic N) is 3. The number of carbonyl (C=O) groups excluding carboxylic acids is 1. The summed E-state index contributed by atoms with van der Waals surface area (Å²) in [6, 6.07) is 1.62. The van der Waals surface area contributed by atoms with Crippen LogP contribution in [0.1, 0.15) is 36.1 Å². The number of aromatic nitrogens is 2. The first kappa shape index (κ1) is 13.0. The summed E-state index contributed by atoms with van der Waals surface area (Å²) in [5.74, 6) is -0.0296. The number of carbonyl (C=O) groups is 2. The van der Waals surface area contributed by atoms with E-state index in [1.54, 1.807) is 17.2 Å².